The zero-order valence-corrected chi connectivity index (χ0v) is 14.2. The van der Waals surface area contributed by atoms with Crippen LogP contribution in [0.5, 0.6) is 5.75 Å². The van der Waals surface area contributed by atoms with Gasteiger partial charge in [0.15, 0.2) is 0 Å². The largest absolute Gasteiger partial charge is 0.505 e. The predicted octanol–water partition coefficient (Wildman–Crippen LogP) is 3.34. The summed E-state index contributed by atoms with van der Waals surface area (Å²) in [6, 6.07) is 7.49. The van der Waals surface area contributed by atoms with Crippen molar-refractivity contribution in [3.05, 3.63) is 42.0 Å². The van der Waals surface area contributed by atoms with Gasteiger partial charge in [0.2, 0.25) is 0 Å². The van der Waals surface area contributed by atoms with Gasteiger partial charge in [-0.2, -0.15) is 0 Å². The van der Waals surface area contributed by atoms with E-state index in [2.05, 4.69) is 4.74 Å². The Labute approximate surface area is 135 Å². The van der Waals surface area contributed by atoms with Crippen LogP contribution in [0.15, 0.2) is 36.4 Å². The molecule has 128 valence electrons. The van der Waals surface area contributed by atoms with Crippen LogP contribution in [0.3, 0.4) is 0 Å². The topological polar surface area (TPSA) is 91.3 Å². The highest BCUT2D eigenvalue weighted by Gasteiger charge is 2.33. The van der Waals surface area contributed by atoms with Crippen molar-refractivity contribution < 1.29 is 33.0 Å². The number of carboxylic acid groups (broad SMARTS) is 1. The number of allylic oxidation sites excluding steroid dienone is 1. The molecule has 0 aliphatic heterocycles. The summed E-state index contributed by atoms with van der Waals surface area (Å²) in [4.78, 5) is 10.5. The number of carbonyl (C=O) groups is 1. The molecular weight excluding hydrogens is 323 g/mol. The number of hydrogen-bond donors (Lipinski definition) is 1. The lowest BCUT2D eigenvalue weighted by Gasteiger charge is -2.20. The van der Waals surface area contributed by atoms with Gasteiger partial charge in [-0.25, -0.2) is 4.79 Å². The van der Waals surface area contributed by atoms with E-state index in [-0.39, 0.29) is 6.61 Å². The fourth-order valence-corrected chi connectivity index (χ4v) is 3.20. The summed E-state index contributed by atoms with van der Waals surface area (Å²) in [7, 11) is 0.589. The molecular formula is C15H21O7P. The summed E-state index contributed by atoms with van der Waals surface area (Å²) >= 11 is 0. The van der Waals surface area contributed by atoms with Gasteiger partial charge >= 0.3 is 13.8 Å². The maximum absolute atomic E-state index is 12.4. The first-order valence-electron chi connectivity index (χ1n) is 6.81. The quantitative estimate of drug-likeness (QED) is 0.417. The maximum atomic E-state index is 12.4. The Morgan fingerprint density at radius 1 is 1.30 bits per heavy atom. The third-order valence-corrected chi connectivity index (χ3v) is 5.29. The SMILES string of the molecule is COc1cccc(CC=CC(COC(=O)O)P(=O)(OC)OC)c1. The first kappa shape index (κ1) is 19.2. The highest BCUT2D eigenvalue weighted by molar-refractivity contribution is 7.54. The molecule has 23 heavy (non-hydrogen) atoms. The molecule has 7 nitrogen and oxygen atoms in total. The molecule has 0 aliphatic rings. The van der Waals surface area contributed by atoms with E-state index in [1.165, 1.54) is 14.2 Å². The van der Waals surface area contributed by atoms with Crippen LogP contribution in [-0.2, 0) is 24.8 Å². The van der Waals surface area contributed by atoms with Crippen molar-refractivity contribution >= 4 is 13.8 Å². The van der Waals surface area contributed by atoms with Gasteiger partial charge in [0.1, 0.15) is 18.0 Å². The van der Waals surface area contributed by atoms with E-state index >= 15 is 0 Å². The van der Waals surface area contributed by atoms with E-state index in [1.807, 2.05) is 24.3 Å². The summed E-state index contributed by atoms with van der Waals surface area (Å²) in [6.07, 6.45) is 2.44. The van der Waals surface area contributed by atoms with Gasteiger partial charge < -0.3 is 23.6 Å². The Balaban J connectivity index is 2.82. The average molecular weight is 344 g/mol. The lowest BCUT2D eigenvalue weighted by molar-refractivity contribution is 0.0916. The van der Waals surface area contributed by atoms with Gasteiger partial charge in [-0.05, 0) is 24.1 Å². The van der Waals surface area contributed by atoms with E-state index in [1.54, 1.807) is 19.3 Å². The van der Waals surface area contributed by atoms with Gasteiger partial charge in [0.05, 0.1) is 7.11 Å². The Kier molecular flexibility index (Phi) is 7.81. The smallest absolute Gasteiger partial charge is 0.497 e. The Bertz CT molecular complexity index is 577. The minimum absolute atomic E-state index is 0.317. The number of methoxy groups -OCH3 is 1. The van der Waals surface area contributed by atoms with Crippen molar-refractivity contribution in [3.63, 3.8) is 0 Å². The molecule has 1 atom stereocenters. The van der Waals surface area contributed by atoms with Crippen LogP contribution >= 0.6 is 7.60 Å². The van der Waals surface area contributed by atoms with E-state index < -0.39 is 19.4 Å². The second-order valence-electron chi connectivity index (χ2n) is 4.53. The second kappa shape index (κ2) is 9.35. The van der Waals surface area contributed by atoms with Crippen molar-refractivity contribution in [1.29, 1.82) is 0 Å². The molecule has 1 rings (SSSR count). The van der Waals surface area contributed by atoms with Crippen molar-refractivity contribution in [2.75, 3.05) is 27.9 Å². The van der Waals surface area contributed by atoms with Crippen LogP contribution in [0.2, 0.25) is 0 Å². The van der Waals surface area contributed by atoms with Crippen LogP contribution in [0, 0.1) is 0 Å². The van der Waals surface area contributed by atoms with Gasteiger partial charge in [-0.3, -0.25) is 4.57 Å². The molecule has 0 radical (unpaired) electrons. The standard InChI is InChI=1S/C15H21O7P/c1-19-13-8-4-6-12(10-13)7-5-9-14(11-22-15(16)17)23(18,20-2)21-3/h4-6,8-10,14H,7,11H2,1-3H3,(H,16,17). The molecule has 0 bridgehead atoms. The third-order valence-electron chi connectivity index (χ3n) is 3.14. The zero-order valence-electron chi connectivity index (χ0n) is 13.3. The molecule has 0 aliphatic carbocycles. The summed E-state index contributed by atoms with van der Waals surface area (Å²) in [5, 5.41) is 8.60. The molecule has 1 aromatic rings. The summed E-state index contributed by atoms with van der Waals surface area (Å²) in [5.41, 5.74) is 0.169. The van der Waals surface area contributed by atoms with Crippen molar-refractivity contribution in [3.8, 4) is 5.75 Å². The van der Waals surface area contributed by atoms with Crippen molar-refractivity contribution in [1.82, 2.24) is 0 Å². The molecule has 0 spiro atoms. The number of rotatable bonds is 9. The maximum Gasteiger partial charge on any atom is 0.505 e. The first-order valence-corrected chi connectivity index (χ1v) is 8.43. The van der Waals surface area contributed by atoms with Gasteiger partial charge in [-0.1, -0.05) is 24.3 Å². The highest BCUT2D eigenvalue weighted by Crippen LogP contribution is 2.52. The van der Waals surface area contributed by atoms with Crippen LogP contribution < -0.4 is 4.74 Å². The molecule has 1 aromatic carbocycles. The first-order chi connectivity index (χ1) is 10.9. The molecule has 0 saturated heterocycles. The fraction of sp³-hybridized carbons (Fsp3) is 0.400. The zero-order chi connectivity index (χ0) is 17.3. The Hall–Kier alpha value is -1.82. The number of ether oxygens (including phenoxy) is 2. The van der Waals surface area contributed by atoms with E-state index in [9.17, 15) is 9.36 Å². The van der Waals surface area contributed by atoms with Gasteiger partial charge in [-0.15, -0.1) is 0 Å². The van der Waals surface area contributed by atoms with Gasteiger partial charge in [0, 0.05) is 14.2 Å². The molecule has 1 N–H and O–H groups in total. The van der Waals surface area contributed by atoms with Crippen LogP contribution in [0.1, 0.15) is 5.56 Å². The Morgan fingerprint density at radius 2 is 2.00 bits per heavy atom. The van der Waals surface area contributed by atoms with Crippen LogP contribution in [-0.4, -0.2) is 44.9 Å². The molecule has 0 heterocycles. The summed E-state index contributed by atoms with van der Waals surface area (Å²) < 4.78 is 31.9. The third kappa shape index (κ3) is 6.06. The molecule has 0 amide bonds. The lowest BCUT2D eigenvalue weighted by atomic mass is 10.1. The van der Waals surface area contributed by atoms with Crippen molar-refractivity contribution in [2.24, 2.45) is 0 Å². The molecule has 8 heteroatoms. The van der Waals surface area contributed by atoms with E-state index in [0.717, 1.165) is 11.3 Å². The normalized spacial score (nSPS) is 13.0. The minimum atomic E-state index is -3.48. The van der Waals surface area contributed by atoms with Gasteiger partial charge in [0.25, 0.3) is 0 Å². The molecule has 1 unspecified atom stereocenters. The van der Waals surface area contributed by atoms with Crippen LogP contribution in [0.4, 0.5) is 4.79 Å². The lowest BCUT2D eigenvalue weighted by Crippen LogP contribution is -2.18. The van der Waals surface area contributed by atoms with Crippen LogP contribution in [0.25, 0.3) is 0 Å². The highest BCUT2D eigenvalue weighted by atomic mass is 31.2. The number of benzene rings is 1. The summed E-state index contributed by atoms with van der Waals surface area (Å²) in [5.74, 6) is 0.737. The summed E-state index contributed by atoms with van der Waals surface area (Å²) in [6.45, 7) is -0.317. The van der Waals surface area contributed by atoms with E-state index in [0.29, 0.717) is 6.42 Å². The Morgan fingerprint density at radius 3 is 2.57 bits per heavy atom. The molecule has 0 fully saturated rings. The van der Waals surface area contributed by atoms with Crippen molar-refractivity contribution in [2.45, 2.75) is 12.1 Å². The molecule has 0 saturated carbocycles. The molecule has 0 aromatic heterocycles. The minimum Gasteiger partial charge on any atom is -0.497 e. The second-order valence-corrected chi connectivity index (χ2v) is 7.01. The average Bonchev–Trinajstić information content (AvgIpc) is 2.57. The number of hydrogen-bond acceptors (Lipinski definition) is 6. The predicted molar refractivity (Wildman–Crippen MR) is 85.2 cm³/mol. The van der Waals surface area contributed by atoms with E-state index in [4.69, 9.17) is 18.9 Å². The fourth-order valence-electron chi connectivity index (χ4n) is 1.91. The monoisotopic (exact) mass is 344 g/mol.